The molecule has 0 spiro atoms. The third-order valence-corrected chi connectivity index (χ3v) is 4.59. The zero-order valence-electron chi connectivity index (χ0n) is 15.6. The first-order valence-corrected chi connectivity index (χ1v) is 8.80. The van der Waals surface area contributed by atoms with Crippen molar-refractivity contribution in [2.75, 3.05) is 11.9 Å². The van der Waals surface area contributed by atoms with Crippen LogP contribution in [0.3, 0.4) is 0 Å². The molecule has 30 heavy (non-hydrogen) atoms. The van der Waals surface area contributed by atoms with E-state index in [1.54, 1.807) is 24.4 Å². The molecule has 0 atom stereocenters. The van der Waals surface area contributed by atoms with Crippen molar-refractivity contribution in [1.29, 1.82) is 0 Å². The van der Waals surface area contributed by atoms with E-state index in [2.05, 4.69) is 9.97 Å². The Kier molecular flexibility index (Phi) is 4.73. The van der Waals surface area contributed by atoms with Crippen molar-refractivity contribution in [2.45, 2.75) is 6.18 Å². The predicted molar refractivity (Wildman–Crippen MR) is 103 cm³/mol. The summed E-state index contributed by atoms with van der Waals surface area (Å²) in [5.74, 6) is -1.08. The number of anilines is 1. The molecular formula is C21H14F4N4O. The molecule has 0 aliphatic rings. The molecule has 1 aromatic carbocycles. The molecule has 0 aliphatic heterocycles. The van der Waals surface area contributed by atoms with Crippen molar-refractivity contribution >= 4 is 17.2 Å². The van der Waals surface area contributed by atoms with Gasteiger partial charge in [0.2, 0.25) is 5.82 Å². The highest BCUT2D eigenvalue weighted by Gasteiger charge is 2.35. The summed E-state index contributed by atoms with van der Waals surface area (Å²) in [6.45, 7) is 0. The lowest BCUT2D eigenvalue weighted by Crippen LogP contribution is -2.28. The molecule has 0 saturated carbocycles. The van der Waals surface area contributed by atoms with Crippen molar-refractivity contribution in [1.82, 2.24) is 14.4 Å². The van der Waals surface area contributed by atoms with Crippen LogP contribution in [0, 0.1) is 5.82 Å². The molecule has 152 valence electrons. The van der Waals surface area contributed by atoms with E-state index in [1.807, 2.05) is 0 Å². The number of nitrogens with zero attached hydrogens (tertiary/aromatic N) is 4. The van der Waals surface area contributed by atoms with Gasteiger partial charge in [0.25, 0.3) is 5.91 Å². The number of imidazole rings is 1. The lowest BCUT2D eigenvalue weighted by molar-refractivity contribution is -0.137. The van der Waals surface area contributed by atoms with Crippen molar-refractivity contribution in [3.63, 3.8) is 0 Å². The first-order valence-electron chi connectivity index (χ1n) is 8.80. The number of hydrogen-bond donors (Lipinski definition) is 0. The Morgan fingerprint density at radius 1 is 1.03 bits per heavy atom. The van der Waals surface area contributed by atoms with Gasteiger partial charge in [-0.2, -0.15) is 13.2 Å². The van der Waals surface area contributed by atoms with Crippen molar-refractivity contribution in [3.05, 3.63) is 84.2 Å². The number of pyridine rings is 2. The predicted octanol–water partition coefficient (Wildman–Crippen LogP) is 4.83. The number of rotatable bonds is 3. The number of halogens is 4. The lowest BCUT2D eigenvalue weighted by atomic mass is 10.0. The molecule has 0 fully saturated rings. The number of fused-ring (bicyclic) bond motifs is 1. The van der Waals surface area contributed by atoms with Crippen molar-refractivity contribution < 1.29 is 22.4 Å². The number of benzene rings is 1. The highest BCUT2D eigenvalue weighted by molar-refractivity contribution is 6.04. The fourth-order valence-electron chi connectivity index (χ4n) is 3.14. The second-order valence-corrected chi connectivity index (χ2v) is 6.48. The summed E-state index contributed by atoms with van der Waals surface area (Å²) in [5.41, 5.74) is -0.595. The monoisotopic (exact) mass is 414 g/mol. The highest BCUT2D eigenvalue weighted by atomic mass is 19.4. The molecule has 0 aliphatic carbocycles. The van der Waals surface area contributed by atoms with Gasteiger partial charge < -0.3 is 0 Å². The smallest absolute Gasteiger partial charge is 0.295 e. The molecule has 3 heterocycles. The third kappa shape index (κ3) is 3.38. The molecule has 0 saturated heterocycles. The summed E-state index contributed by atoms with van der Waals surface area (Å²) in [4.78, 5) is 22.3. The van der Waals surface area contributed by atoms with Gasteiger partial charge in [0, 0.05) is 18.8 Å². The Morgan fingerprint density at radius 3 is 2.47 bits per heavy atom. The number of hydrogen-bond acceptors (Lipinski definition) is 3. The summed E-state index contributed by atoms with van der Waals surface area (Å²) >= 11 is 0. The van der Waals surface area contributed by atoms with Crippen LogP contribution in [-0.4, -0.2) is 27.3 Å². The zero-order chi connectivity index (χ0) is 21.5. The standard InChI is InChI=1S/C21H14F4N4O/c1-28(17-10-9-13(22)12-26-17)20(30)19-27-18(16-8-4-5-11-29(16)19)14-6-2-3-7-15(14)21(23,24)25/h2-12H,1H3. The average molecular weight is 414 g/mol. The minimum absolute atomic E-state index is 0.0346. The minimum Gasteiger partial charge on any atom is -0.295 e. The average Bonchev–Trinajstić information content (AvgIpc) is 3.12. The van der Waals surface area contributed by atoms with Gasteiger partial charge in [-0.05, 0) is 30.3 Å². The van der Waals surface area contributed by atoms with Gasteiger partial charge in [-0.1, -0.05) is 24.3 Å². The minimum atomic E-state index is -4.58. The Balaban J connectivity index is 1.87. The van der Waals surface area contributed by atoms with Crippen LogP contribution in [0.5, 0.6) is 0 Å². The molecule has 5 nitrogen and oxygen atoms in total. The maximum absolute atomic E-state index is 13.5. The summed E-state index contributed by atoms with van der Waals surface area (Å²) < 4.78 is 55.2. The SMILES string of the molecule is CN(C(=O)c1nc(-c2ccccc2C(F)(F)F)c2ccccn12)c1ccc(F)cn1. The first-order chi connectivity index (χ1) is 14.3. The number of carbonyl (C=O) groups excluding carboxylic acids is 1. The molecular weight excluding hydrogens is 400 g/mol. The fraction of sp³-hybridized carbons (Fsp3) is 0.0952. The molecule has 0 N–H and O–H groups in total. The second-order valence-electron chi connectivity index (χ2n) is 6.48. The maximum Gasteiger partial charge on any atom is 0.417 e. The zero-order valence-corrected chi connectivity index (χ0v) is 15.6. The number of aromatic nitrogens is 3. The summed E-state index contributed by atoms with van der Waals surface area (Å²) in [6.07, 6.45) is -2.07. The number of amides is 1. The van der Waals surface area contributed by atoms with Gasteiger partial charge in [-0.25, -0.2) is 14.4 Å². The van der Waals surface area contributed by atoms with Gasteiger partial charge >= 0.3 is 6.18 Å². The summed E-state index contributed by atoms with van der Waals surface area (Å²) in [7, 11) is 1.43. The normalized spacial score (nSPS) is 11.6. The van der Waals surface area contributed by atoms with E-state index in [4.69, 9.17) is 0 Å². The van der Waals surface area contributed by atoms with Crippen LogP contribution in [0.2, 0.25) is 0 Å². The van der Waals surface area contributed by atoms with E-state index >= 15 is 0 Å². The number of carbonyl (C=O) groups is 1. The van der Waals surface area contributed by atoms with Gasteiger partial charge in [-0.3, -0.25) is 14.1 Å². The highest BCUT2D eigenvalue weighted by Crippen LogP contribution is 2.38. The summed E-state index contributed by atoms with van der Waals surface area (Å²) in [6, 6.07) is 12.4. The van der Waals surface area contributed by atoms with Crippen LogP contribution < -0.4 is 4.90 Å². The molecule has 9 heteroatoms. The Hall–Kier alpha value is -3.75. The van der Waals surface area contributed by atoms with Crippen LogP contribution in [0.15, 0.2) is 67.0 Å². The molecule has 4 aromatic rings. The molecule has 0 bridgehead atoms. The Labute approximate surface area is 168 Å². The van der Waals surface area contributed by atoms with E-state index in [-0.39, 0.29) is 22.9 Å². The molecule has 1 amide bonds. The van der Waals surface area contributed by atoms with Crippen LogP contribution in [0.25, 0.3) is 16.8 Å². The second kappa shape index (κ2) is 7.25. The number of alkyl halides is 3. The van der Waals surface area contributed by atoms with E-state index in [9.17, 15) is 22.4 Å². The first kappa shape index (κ1) is 19.6. The maximum atomic E-state index is 13.5. The van der Waals surface area contributed by atoms with Crippen LogP contribution in [0.1, 0.15) is 16.2 Å². The third-order valence-electron chi connectivity index (χ3n) is 4.59. The largest absolute Gasteiger partial charge is 0.417 e. The van der Waals surface area contributed by atoms with E-state index < -0.39 is 23.5 Å². The van der Waals surface area contributed by atoms with E-state index in [0.717, 1.165) is 23.2 Å². The molecule has 3 aromatic heterocycles. The molecule has 0 radical (unpaired) electrons. The van der Waals surface area contributed by atoms with E-state index in [1.165, 1.54) is 35.7 Å². The Morgan fingerprint density at radius 2 is 1.77 bits per heavy atom. The van der Waals surface area contributed by atoms with Crippen molar-refractivity contribution in [3.8, 4) is 11.3 Å². The van der Waals surface area contributed by atoms with Crippen LogP contribution >= 0.6 is 0 Å². The van der Waals surface area contributed by atoms with Gasteiger partial charge in [0.05, 0.1) is 23.0 Å². The Bertz CT molecular complexity index is 1230. The van der Waals surface area contributed by atoms with Gasteiger partial charge in [0.15, 0.2) is 0 Å². The van der Waals surface area contributed by atoms with Gasteiger partial charge in [0.1, 0.15) is 11.6 Å². The van der Waals surface area contributed by atoms with Gasteiger partial charge in [-0.15, -0.1) is 0 Å². The fourth-order valence-corrected chi connectivity index (χ4v) is 3.14. The molecule has 0 unspecified atom stereocenters. The quantitative estimate of drug-likeness (QED) is 0.451. The summed E-state index contributed by atoms with van der Waals surface area (Å²) in [5, 5.41) is 0. The topological polar surface area (TPSA) is 50.5 Å². The van der Waals surface area contributed by atoms with Crippen LogP contribution in [-0.2, 0) is 6.18 Å². The van der Waals surface area contributed by atoms with E-state index in [0.29, 0.717) is 5.52 Å². The van der Waals surface area contributed by atoms with Crippen LogP contribution in [0.4, 0.5) is 23.4 Å². The molecule has 4 rings (SSSR count). The van der Waals surface area contributed by atoms with Crippen molar-refractivity contribution in [2.24, 2.45) is 0 Å². The lowest BCUT2D eigenvalue weighted by Gasteiger charge is -2.15.